The van der Waals surface area contributed by atoms with Crippen molar-refractivity contribution >= 4 is 17.2 Å². The van der Waals surface area contributed by atoms with E-state index < -0.39 is 0 Å². The maximum absolute atomic E-state index is 12.6. The average Bonchev–Trinajstić information content (AvgIpc) is 3.31. The van der Waals surface area contributed by atoms with Gasteiger partial charge in [0.2, 0.25) is 6.79 Å². The Labute approximate surface area is 161 Å². The first-order valence-electron chi connectivity index (χ1n) is 8.72. The number of nitrogens with zero attached hydrogens (tertiary/aromatic N) is 2. The van der Waals surface area contributed by atoms with Crippen LogP contribution in [0.1, 0.15) is 31.6 Å². The Morgan fingerprint density at radius 3 is 2.93 bits per heavy atom. The molecule has 4 rings (SSSR count). The van der Waals surface area contributed by atoms with Gasteiger partial charge in [0.15, 0.2) is 11.5 Å². The first-order chi connectivity index (χ1) is 13.2. The maximum Gasteiger partial charge on any atom is 0.263 e. The fraction of sp³-hybridized carbons (Fsp3) is 0.250. The van der Waals surface area contributed by atoms with Crippen LogP contribution in [-0.2, 0) is 19.4 Å². The Bertz CT molecular complexity index is 956. The lowest BCUT2D eigenvalue weighted by atomic mass is 10.2. The smallest absolute Gasteiger partial charge is 0.263 e. The molecule has 1 aliphatic rings. The third-order valence-electron chi connectivity index (χ3n) is 4.26. The Morgan fingerprint density at radius 2 is 2.07 bits per heavy atom. The summed E-state index contributed by atoms with van der Waals surface area (Å²) in [6.07, 6.45) is 3.38. The monoisotopic (exact) mass is 381 g/mol. The van der Waals surface area contributed by atoms with Crippen molar-refractivity contribution in [1.82, 2.24) is 15.3 Å². The van der Waals surface area contributed by atoms with E-state index in [0.29, 0.717) is 17.2 Å². The maximum atomic E-state index is 12.6. The summed E-state index contributed by atoms with van der Waals surface area (Å²) in [5, 5.41) is 3.91. The van der Waals surface area contributed by atoms with E-state index >= 15 is 0 Å². The highest BCUT2D eigenvalue weighted by Gasteiger charge is 2.17. The van der Waals surface area contributed by atoms with Gasteiger partial charge in [0.1, 0.15) is 4.88 Å². The molecule has 3 heterocycles. The molecule has 7 heteroatoms. The minimum absolute atomic E-state index is 0.105. The molecular weight excluding hydrogens is 362 g/mol. The molecule has 1 aromatic carbocycles. The fourth-order valence-corrected chi connectivity index (χ4v) is 3.84. The number of thiazole rings is 1. The topological polar surface area (TPSA) is 73.3 Å². The normalized spacial score (nSPS) is 12.2. The van der Waals surface area contributed by atoms with Crippen LogP contribution < -0.4 is 14.8 Å². The molecule has 138 valence electrons. The van der Waals surface area contributed by atoms with Crippen molar-refractivity contribution < 1.29 is 14.3 Å². The van der Waals surface area contributed by atoms with E-state index in [4.69, 9.17) is 9.47 Å². The number of carbonyl (C=O) groups excluding carboxylic acids is 1. The number of aromatic nitrogens is 2. The molecule has 1 amide bonds. The molecule has 1 aliphatic heterocycles. The van der Waals surface area contributed by atoms with Gasteiger partial charge in [-0.1, -0.05) is 12.1 Å². The van der Waals surface area contributed by atoms with Crippen LogP contribution >= 0.6 is 11.3 Å². The van der Waals surface area contributed by atoms with Crippen molar-refractivity contribution in [2.45, 2.75) is 26.3 Å². The van der Waals surface area contributed by atoms with Crippen LogP contribution in [0.2, 0.25) is 0 Å². The number of carbonyl (C=O) groups is 1. The standard InChI is InChI=1S/C20H19N3O3S/c1-13-19(27-18(23-13)8-6-15-4-2-3-9-21-15)20(24)22-11-14-5-7-16-17(10-14)26-12-25-16/h2-5,7,9-10H,6,8,11-12H2,1H3,(H,22,24). The molecule has 27 heavy (non-hydrogen) atoms. The van der Waals surface area contributed by atoms with E-state index in [1.54, 1.807) is 6.20 Å². The van der Waals surface area contributed by atoms with Gasteiger partial charge in [-0.05, 0) is 43.2 Å². The van der Waals surface area contributed by atoms with Crippen LogP contribution in [-0.4, -0.2) is 22.7 Å². The van der Waals surface area contributed by atoms with Gasteiger partial charge in [-0.2, -0.15) is 0 Å². The molecule has 0 unspecified atom stereocenters. The van der Waals surface area contributed by atoms with Gasteiger partial charge in [-0.15, -0.1) is 11.3 Å². The predicted molar refractivity (Wildman–Crippen MR) is 102 cm³/mol. The van der Waals surface area contributed by atoms with Gasteiger partial charge >= 0.3 is 0 Å². The molecule has 6 nitrogen and oxygen atoms in total. The van der Waals surface area contributed by atoms with Crippen molar-refractivity contribution in [3.05, 3.63) is 69.4 Å². The first-order valence-corrected chi connectivity index (χ1v) is 9.53. The quantitative estimate of drug-likeness (QED) is 0.709. The van der Waals surface area contributed by atoms with Gasteiger partial charge in [0.05, 0.1) is 10.7 Å². The molecule has 2 aromatic heterocycles. The Morgan fingerprint density at radius 1 is 1.19 bits per heavy atom. The van der Waals surface area contributed by atoms with Crippen LogP contribution in [0.15, 0.2) is 42.6 Å². The van der Waals surface area contributed by atoms with E-state index in [-0.39, 0.29) is 12.7 Å². The molecule has 0 saturated heterocycles. The predicted octanol–water partition coefficient (Wildman–Crippen LogP) is 3.29. The van der Waals surface area contributed by atoms with Crippen molar-refractivity contribution in [1.29, 1.82) is 0 Å². The zero-order valence-electron chi connectivity index (χ0n) is 14.9. The lowest BCUT2D eigenvalue weighted by Gasteiger charge is -2.05. The zero-order valence-corrected chi connectivity index (χ0v) is 15.7. The molecule has 0 saturated carbocycles. The number of rotatable bonds is 6. The number of pyridine rings is 1. The molecule has 0 spiro atoms. The van der Waals surface area contributed by atoms with Gasteiger partial charge in [0.25, 0.3) is 5.91 Å². The largest absolute Gasteiger partial charge is 0.454 e. The second-order valence-electron chi connectivity index (χ2n) is 6.21. The number of benzene rings is 1. The molecule has 0 fully saturated rings. The summed E-state index contributed by atoms with van der Waals surface area (Å²) in [4.78, 5) is 22.1. The van der Waals surface area contributed by atoms with Gasteiger partial charge in [0, 0.05) is 24.9 Å². The van der Waals surface area contributed by atoms with E-state index in [1.165, 1.54) is 11.3 Å². The van der Waals surface area contributed by atoms with Crippen LogP contribution in [0, 0.1) is 6.92 Å². The molecule has 0 atom stereocenters. The summed E-state index contributed by atoms with van der Waals surface area (Å²) in [7, 11) is 0. The second-order valence-corrected chi connectivity index (χ2v) is 7.30. The molecule has 3 aromatic rings. The van der Waals surface area contributed by atoms with E-state index in [9.17, 15) is 4.79 Å². The molecule has 0 radical (unpaired) electrons. The number of aryl methyl sites for hydroxylation is 3. The summed E-state index contributed by atoms with van der Waals surface area (Å²) >= 11 is 1.45. The molecule has 0 bridgehead atoms. The number of nitrogens with one attached hydrogen (secondary N) is 1. The summed E-state index contributed by atoms with van der Waals surface area (Å²) in [5.41, 5.74) is 2.75. The van der Waals surface area contributed by atoms with Crippen molar-refractivity contribution in [3.8, 4) is 11.5 Å². The number of hydrogen-bond acceptors (Lipinski definition) is 6. The van der Waals surface area contributed by atoms with Crippen molar-refractivity contribution in [2.24, 2.45) is 0 Å². The first kappa shape index (κ1) is 17.5. The van der Waals surface area contributed by atoms with Crippen LogP contribution in [0.25, 0.3) is 0 Å². The molecule has 0 aliphatic carbocycles. The molecule has 1 N–H and O–H groups in total. The number of fused-ring (bicyclic) bond motifs is 1. The highest BCUT2D eigenvalue weighted by atomic mass is 32.1. The van der Waals surface area contributed by atoms with Crippen molar-refractivity contribution in [3.63, 3.8) is 0 Å². The third-order valence-corrected chi connectivity index (χ3v) is 5.47. The zero-order chi connectivity index (χ0) is 18.6. The fourth-order valence-electron chi connectivity index (χ4n) is 2.86. The van der Waals surface area contributed by atoms with E-state index in [1.807, 2.05) is 43.3 Å². The summed E-state index contributed by atoms with van der Waals surface area (Å²) in [6.45, 7) is 2.54. The van der Waals surface area contributed by atoms with Crippen LogP contribution in [0.5, 0.6) is 11.5 Å². The van der Waals surface area contributed by atoms with Gasteiger partial charge < -0.3 is 14.8 Å². The van der Waals surface area contributed by atoms with E-state index in [2.05, 4.69) is 15.3 Å². The number of hydrogen-bond donors (Lipinski definition) is 1. The lowest BCUT2D eigenvalue weighted by molar-refractivity contribution is 0.0954. The third kappa shape index (κ3) is 4.09. The highest BCUT2D eigenvalue weighted by Crippen LogP contribution is 2.32. The van der Waals surface area contributed by atoms with Gasteiger partial charge in [-0.3, -0.25) is 9.78 Å². The van der Waals surface area contributed by atoms with Crippen molar-refractivity contribution in [2.75, 3.05) is 6.79 Å². The Hall–Kier alpha value is -2.93. The minimum atomic E-state index is -0.105. The second kappa shape index (κ2) is 7.75. The Balaban J connectivity index is 1.36. The SMILES string of the molecule is Cc1nc(CCc2ccccn2)sc1C(=O)NCc1ccc2c(c1)OCO2. The highest BCUT2D eigenvalue weighted by molar-refractivity contribution is 7.13. The molecular formula is C20H19N3O3S. The van der Waals surface area contributed by atoms with Crippen LogP contribution in [0.4, 0.5) is 0 Å². The average molecular weight is 381 g/mol. The van der Waals surface area contributed by atoms with E-state index in [0.717, 1.165) is 40.6 Å². The number of amides is 1. The number of ether oxygens (including phenoxy) is 2. The van der Waals surface area contributed by atoms with Crippen LogP contribution in [0.3, 0.4) is 0 Å². The Kier molecular flexibility index (Phi) is 5.02. The summed E-state index contributed by atoms with van der Waals surface area (Å²) < 4.78 is 10.7. The minimum Gasteiger partial charge on any atom is -0.454 e. The summed E-state index contributed by atoms with van der Waals surface area (Å²) in [6, 6.07) is 11.5. The van der Waals surface area contributed by atoms with Gasteiger partial charge in [-0.25, -0.2) is 4.98 Å². The lowest BCUT2D eigenvalue weighted by Crippen LogP contribution is -2.22. The summed E-state index contributed by atoms with van der Waals surface area (Å²) in [5.74, 6) is 1.35.